The SMILES string of the molecule is CCc1cc(NS(=O)(=O)c2cc(N)c(Br)cc2OC)n[nH]1. The van der Waals surface area contributed by atoms with Gasteiger partial charge in [0.05, 0.1) is 7.11 Å². The first-order valence-corrected chi connectivity index (χ1v) is 8.35. The number of halogens is 1. The maximum Gasteiger partial charge on any atom is 0.266 e. The van der Waals surface area contributed by atoms with E-state index in [0.29, 0.717) is 10.2 Å². The molecule has 0 aliphatic rings. The number of nitrogens with two attached hydrogens (primary N) is 1. The summed E-state index contributed by atoms with van der Waals surface area (Å²) < 4.78 is 32.9. The largest absolute Gasteiger partial charge is 0.495 e. The van der Waals surface area contributed by atoms with Crippen molar-refractivity contribution in [3.63, 3.8) is 0 Å². The Labute approximate surface area is 131 Å². The standard InChI is InChI=1S/C12H15BrN4O3S/c1-3-7-4-12(16-15-7)17-21(18,19)11-6-9(14)8(13)5-10(11)20-2/h4-6H,3,14H2,1-2H3,(H2,15,16,17). The molecule has 9 heteroatoms. The molecule has 0 saturated carbocycles. The van der Waals surface area contributed by atoms with Crippen molar-refractivity contribution in [1.82, 2.24) is 10.2 Å². The second-order valence-corrected chi connectivity index (χ2v) is 6.77. The predicted molar refractivity (Wildman–Crippen MR) is 83.9 cm³/mol. The number of aromatic amines is 1. The summed E-state index contributed by atoms with van der Waals surface area (Å²) >= 11 is 3.23. The summed E-state index contributed by atoms with van der Waals surface area (Å²) in [6.07, 6.45) is 0.725. The number of ether oxygens (including phenoxy) is 1. The molecule has 0 aliphatic heterocycles. The minimum atomic E-state index is -3.85. The number of hydrogen-bond donors (Lipinski definition) is 3. The Morgan fingerprint density at radius 1 is 1.43 bits per heavy atom. The second kappa shape index (κ2) is 5.94. The first kappa shape index (κ1) is 15.6. The molecule has 0 fully saturated rings. The van der Waals surface area contributed by atoms with Gasteiger partial charge in [0.15, 0.2) is 5.82 Å². The zero-order chi connectivity index (χ0) is 15.6. The number of nitrogen functional groups attached to an aromatic ring is 1. The van der Waals surface area contributed by atoms with Gasteiger partial charge in [-0.25, -0.2) is 8.42 Å². The minimum absolute atomic E-state index is 0.0493. The van der Waals surface area contributed by atoms with Crippen LogP contribution in [0.25, 0.3) is 0 Å². The van der Waals surface area contributed by atoms with Crippen molar-refractivity contribution in [2.45, 2.75) is 18.2 Å². The van der Waals surface area contributed by atoms with Gasteiger partial charge in [-0.15, -0.1) is 0 Å². The molecule has 2 aromatic rings. The quantitative estimate of drug-likeness (QED) is 0.694. The lowest BCUT2D eigenvalue weighted by molar-refractivity contribution is 0.402. The van der Waals surface area contributed by atoms with Crippen LogP contribution in [0.15, 0.2) is 27.6 Å². The molecule has 7 nitrogen and oxygen atoms in total. The van der Waals surface area contributed by atoms with Gasteiger partial charge in [0.1, 0.15) is 10.6 Å². The average molecular weight is 375 g/mol. The molecule has 0 unspecified atom stereocenters. The van der Waals surface area contributed by atoms with Gasteiger partial charge in [-0.2, -0.15) is 5.10 Å². The van der Waals surface area contributed by atoms with Gasteiger partial charge in [-0.3, -0.25) is 9.82 Å². The third-order valence-electron chi connectivity index (χ3n) is 2.82. The highest BCUT2D eigenvalue weighted by Crippen LogP contribution is 2.33. The zero-order valence-corrected chi connectivity index (χ0v) is 13.9. The Hall–Kier alpha value is -1.74. The lowest BCUT2D eigenvalue weighted by Gasteiger charge is -2.12. The summed E-state index contributed by atoms with van der Waals surface area (Å²) in [5.41, 5.74) is 6.87. The van der Waals surface area contributed by atoms with E-state index in [0.717, 1.165) is 12.1 Å². The molecule has 2 rings (SSSR count). The lowest BCUT2D eigenvalue weighted by Crippen LogP contribution is -2.15. The van der Waals surface area contributed by atoms with E-state index in [-0.39, 0.29) is 16.5 Å². The van der Waals surface area contributed by atoms with Crippen LogP contribution >= 0.6 is 15.9 Å². The molecule has 0 radical (unpaired) electrons. The monoisotopic (exact) mass is 374 g/mol. The number of methoxy groups -OCH3 is 1. The first-order valence-electron chi connectivity index (χ1n) is 6.07. The van der Waals surface area contributed by atoms with Crippen LogP contribution in [0, 0.1) is 0 Å². The van der Waals surface area contributed by atoms with Crippen molar-refractivity contribution in [3.8, 4) is 5.75 Å². The summed E-state index contributed by atoms with van der Waals surface area (Å²) in [6.45, 7) is 1.93. The molecule has 0 saturated heterocycles. The Morgan fingerprint density at radius 3 is 2.71 bits per heavy atom. The molecule has 1 aromatic heterocycles. The van der Waals surface area contributed by atoms with Crippen LogP contribution in [0.3, 0.4) is 0 Å². The fourth-order valence-corrected chi connectivity index (χ4v) is 3.21. The maximum atomic E-state index is 12.4. The normalized spacial score (nSPS) is 11.4. The molecule has 0 atom stereocenters. The van der Waals surface area contributed by atoms with Crippen LogP contribution in [0.4, 0.5) is 11.5 Å². The van der Waals surface area contributed by atoms with Crippen molar-refractivity contribution >= 4 is 37.5 Å². The van der Waals surface area contributed by atoms with Crippen LogP contribution in [-0.4, -0.2) is 25.7 Å². The highest BCUT2D eigenvalue weighted by atomic mass is 79.9. The highest BCUT2D eigenvalue weighted by Gasteiger charge is 2.22. The number of aromatic nitrogens is 2. The maximum absolute atomic E-state index is 12.4. The number of benzene rings is 1. The third kappa shape index (κ3) is 3.30. The molecule has 4 N–H and O–H groups in total. The van der Waals surface area contributed by atoms with E-state index in [2.05, 4.69) is 30.8 Å². The van der Waals surface area contributed by atoms with Gasteiger partial charge in [-0.1, -0.05) is 6.92 Å². The summed E-state index contributed by atoms with van der Waals surface area (Å²) in [6, 6.07) is 4.47. The van der Waals surface area contributed by atoms with E-state index in [1.807, 2.05) is 6.92 Å². The fourth-order valence-electron chi connectivity index (χ4n) is 1.71. The number of aryl methyl sites for hydroxylation is 1. The zero-order valence-electron chi connectivity index (χ0n) is 11.5. The number of nitrogens with one attached hydrogen (secondary N) is 2. The third-order valence-corrected chi connectivity index (χ3v) is 4.89. The predicted octanol–water partition coefficient (Wildman–Crippen LogP) is 2.13. The second-order valence-electron chi connectivity index (χ2n) is 4.26. The van der Waals surface area contributed by atoms with Crippen LogP contribution in [0.2, 0.25) is 0 Å². The summed E-state index contributed by atoms with van der Waals surface area (Å²) in [5.74, 6) is 0.408. The Morgan fingerprint density at radius 2 is 2.14 bits per heavy atom. The molecule has 1 aromatic carbocycles. The van der Waals surface area contributed by atoms with Crippen LogP contribution in [0.1, 0.15) is 12.6 Å². The molecule has 0 amide bonds. The van der Waals surface area contributed by atoms with Gasteiger partial charge in [0.2, 0.25) is 0 Å². The van der Waals surface area contributed by atoms with Crippen molar-refractivity contribution < 1.29 is 13.2 Å². The molecule has 114 valence electrons. The lowest BCUT2D eigenvalue weighted by atomic mass is 10.3. The summed E-state index contributed by atoms with van der Waals surface area (Å²) in [5, 5.41) is 6.63. The number of H-pyrrole nitrogens is 1. The smallest absolute Gasteiger partial charge is 0.266 e. The number of sulfonamides is 1. The number of rotatable bonds is 5. The Kier molecular flexibility index (Phi) is 4.43. The van der Waals surface area contributed by atoms with E-state index in [4.69, 9.17) is 10.5 Å². The molecular weight excluding hydrogens is 360 g/mol. The van der Waals surface area contributed by atoms with Crippen LogP contribution in [0.5, 0.6) is 5.75 Å². The summed E-state index contributed by atoms with van der Waals surface area (Å²) in [7, 11) is -2.46. The van der Waals surface area contributed by atoms with Gasteiger partial charge < -0.3 is 10.5 Å². The van der Waals surface area contributed by atoms with E-state index in [1.165, 1.54) is 19.2 Å². The number of anilines is 2. The Bertz CT molecular complexity index is 758. The topological polar surface area (TPSA) is 110 Å². The van der Waals surface area contributed by atoms with Crippen molar-refractivity contribution in [2.24, 2.45) is 0 Å². The minimum Gasteiger partial charge on any atom is -0.495 e. The van der Waals surface area contributed by atoms with Crippen molar-refractivity contribution in [2.75, 3.05) is 17.6 Å². The number of hydrogen-bond acceptors (Lipinski definition) is 5. The molecule has 21 heavy (non-hydrogen) atoms. The van der Waals surface area contributed by atoms with Gasteiger partial charge in [0, 0.05) is 21.9 Å². The molecule has 0 aliphatic carbocycles. The van der Waals surface area contributed by atoms with Crippen LogP contribution < -0.4 is 15.2 Å². The molecular formula is C12H15BrN4O3S. The van der Waals surface area contributed by atoms with E-state index in [1.54, 1.807) is 6.07 Å². The Balaban J connectivity index is 2.41. The first-order chi connectivity index (χ1) is 9.87. The van der Waals surface area contributed by atoms with Gasteiger partial charge >= 0.3 is 0 Å². The molecule has 1 heterocycles. The number of nitrogens with zero attached hydrogens (tertiary/aromatic N) is 1. The summed E-state index contributed by atoms with van der Waals surface area (Å²) in [4.78, 5) is -0.0493. The van der Waals surface area contributed by atoms with E-state index >= 15 is 0 Å². The molecule has 0 spiro atoms. The fraction of sp³-hybridized carbons (Fsp3) is 0.250. The van der Waals surface area contributed by atoms with E-state index in [9.17, 15) is 8.42 Å². The van der Waals surface area contributed by atoms with Crippen molar-refractivity contribution in [3.05, 3.63) is 28.4 Å². The van der Waals surface area contributed by atoms with Crippen LogP contribution in [-0.2, 0) is 16.4 Å². The highest BCUT2D eigenvalue weighted by molar-refractivity contribution is 9.10. The van der Waals surface area contributed by atoms with Gasteiger partial charge in [-0.05, 0) is 34.5 Å². The van der Waals surface area contributed by atoms with Crippen molar-refractivity contribution in [1.29, 1.82) is 0 Å². The van der Waals surface area contributed by atoms with Gasteiger partial charge in [0.25, 0.3) is 10.0 Å². The van der Waals surface area contributed by atoms with E-state index < -0.39 is 10.0 Å². The average Bonchev–Trinajstić information content (AvgIpc) is 2.88. The molecule has 0 bridgehead atoms.